The number of halogens is 1. The fourth-order valence-corrected chi connectivity index (χ4v) is 1.48. The first-order valence-corrected chi connectivity index (χ1v) is 5.90. The van der Waals surface area contributed by atoms with Crippen LogP contribution in [0.2, 0.25) is 0 Å². The summed E-state index contributed by atoms with van der Waals surface area (Å²) >= 11 is 3.34. The van der Waals surface area contributed by atoms with Gasteiger partial charge in [-0.2, -0.15) is 0 Å². The highest BCUT2D eigenvalue weighted by Crippen LogP contribution is 2.16. The fourth-order valence-electron chi connectivity index (χ4n) is 1.22. The number of allylic oxidation sites excluding steroid dienone is 1. The molecule has 0 saturated carbocycles. The summed E-state index contributed by atoms with van der Waals surface area (Å²) in [5.41, 5.74) is 8.09. The van der Waals surface area contributed by atoms with E-state index in [0.29, 0.717) is 11.3 Å². The number of benzene rings is 1. The van der Waals surface area contributed by atoms with Crippen LogP contribution >= 0.6 is 15.9 Å². The van der Waals surface area contributed by atoms with Gasteiger partial charge in [-0.15, -0.1) is 0 Å². The molecule has 0 bridgehead atoms. The highest BCUT2D eigenvalue weighted by Gasteiger charge is 2.01. The fraction of sp³-hybridized carbons (Fsp3) is 0.250. The summed E-state index contributed by atoms with van der Waals surface area (Å²) in [4.78, 5) is 11.1. The number of rotatable bonds is 4. The van der Waals surface area contributed by atoms with Crippen molar-refractivity contribution in [2.45, 2.75) is 13.3 Å². The first kappa shape index (κ1) is 12.0. The molecule has 0 heterocycles. The highest BCUT2D eigenvalue weighted by atomic mass is 79.9. The number of carbonyl (C=O) groups is 1. The van der Waals surface area contributed by atoms with Crippen molar-refractivity contribution in [3.05, 3.63) is 35.4 Å². The topological polar surface area (TPSA) is 43.1 Å². The monoisotopic (exact) mass is 267 g/mol. The first-order valence-electron chi connectivity index (χ1n) is 4.78. The van der Waals surface area contributed by atoms with Crippen LogP contribution in [0.1, 0.15) is 29.3 Å². The number of ketones is 1. The minimum Gasteiger partial charge on any atom is -0.398 e. The molecule has 80 valence electrons. The number of anilines is 1. The number of nitrogen functional groups attached to an aromatic ring is 1. The normalized spacial score (nSPS) is 10.8. The average Bonchev–Trinajstić information content (AvgIpc) is 2.20. The van der Waals surface area contributed by atoms with Crippen LogP contribution in [0.25, 0.3) is 6.08 Å². The van der Waals surface area contributed by atoms with E-state index in [0.717, 1.165) is 17.3 Å². The molecule has 2 N–H and O–H groups in total. The Bertz CT molecular complexity index is 385. The first-order chi connectivity index (χ1) is 7.15. The van der Waals surface area contributed by atoms with Gasteiger partial charge in [0.05, 0.1) is 0 Å². The van der Waals surface area contributed by atoms with E-state index in [9.17, 15) is 4.79 Å². The van der Waals surface area contributed by atoms with Gasteiger partial charge in [-0.05, 0) is 25.0 Å². The summed E-state index contributed by atoms with van der Waals surface area (Å²) in [5, 5.41) is 0.939. The molecule has 0 fully saturated rings. The number of hydrogen-bond donors (Lipinski definition) is 1. The SMILES string of the molecule is CC(=O)c1ccc(C=CCCBr)c(N)c1. The zero-order valence-electron chi connectivity index (χ0n) is 8.66. The number of hydrogen-bond acceptors (Lipinski definition) is 2. The van der Waals surface area contributed by atoms with Crippen LogP contribution in [0.15, 0.2) is 24.3 Å². The van der Waals surface area contributed by atoms with E-state index in [1.165, 1.54) is 6.92 Å². The zero-order chi connectivity index (χ0) is 11.3. The molecule has 0 spiro atoms. The van der Waals surface area contributed by atoms with Crippen molar-refractivity contribution in [3.63, 3.8) is 0 Å². The van der Waals surface area contributed by atoms with Crippen molar-refractivity contribution in [1.29, 1.82) is 0 Å². The summed E-state index contributed by atoms with van der Waals surface area (Å²) in [6.07, 6.45) is 4.99. The molecule has 0 radical (unpaired) electrons. The number of alkyl halides is 1. The Kier molecular flexibility index (Phi) is 4.56. The molecule has 1 aromatic rings. The maximum absolute atomic E-state index is 11.1. The van der Waals surface area contributed by atoms with E-state index in [1.54, 1.807) is 12.1 Å². The summed E-state index contributed by atoms with van der Waals surface area (Å²) in [5.74, 6) is 0.0395. The van der Waals surface area contributed by atoms with Crippen LogP contribution in [0.4, 0.5) is 5.69 Å². The maximum atomic E-state index is 11.1. The van der Waals surface area contributed by atoms with Crippen molar-refractivity contribution in [3.8, 4) is 0 Å². The third-order valence-corrected chi connectivity index (χ3v) is 2.52. The van der Waals surface area contributed by atoms with Gasteiger partial charge in [-0.1, -0.05) is 40.2 Å². The van der Waals surface area contributed by atoms with Crippen LogP contribution in [0, 0.1) is 0 Å². The minimum atomic E-state index is 0.0395. The van der Waals surface area contributed by atoms with Crippen LogP contribution in [0.3, 0.4) is 0 Å². The molecule has 0 aromatic heterocycles. The molecular weight excluding hydrogens is 254 g/mol. The molecular formula is C12H14BrNO. The van der Waals surface area contributed by atoms with Gasteiger partial charge in [0.1, 0.15) is 0 Å². The molecule has 0 aliphatic rings. The average molecular weight is 268 g/mol. The molecule has 0 unspecified atom stereocenters. The smallest absolute Gasteiger partial charge is 0.159 e. The number of nitrogens with two attached hydrogens (primary N) is 1. The van der Waals surface area contributed by atoms with Crippen LogP contribution in [-0.4, -0.2) is 11.1 Å². The van der Waals surface area contributed by atoms with E-state index in [1.807, 2.05) is 18.2 Å². The molecule has 0 amide bonds. The molecule has 2 nitrogen and oxygen atoms in total. The molecule has 0 saturated heterocycles. The van der Waals surface area contributed by atoms with Crippen molar-refractivity contribution < 1.29 is 4.79 Å². The van der Waals surface area contributed by atoms with Crippen molar-refractivity contribution in [2.24, 2.45) is 0 Å². The van der Waals surface area contributed by atoms with E-state index < -0.39 is 0 Å². The Morgan fingerprint density at radius 2 is 2.27 bits per heavy atom. The molecule has 1 rings (SSSR count). The second-order valence-electron chi connectivity index (χ2n) is 3.28. The molecule has 1 aromatic carbocycles. The standard InChI is InChI=1S/C12H14BrNO/c1-9(15)11-6-5-10(12(14)8-11)4-2-3-7-13/h2,4-6,8H,3,7,14H2,1H3. The van der Waals surface area contributed by atoms with Crippen molar-refractivity contribution in [2.75, 3.05) is 11.1 Å². The van der Waals surface area contributed by atoms with Crippen LogP contribution < -0.4 is 5.73 Å². The van der Waals surface area contributed by atoms with Gasteiger partial charge in [0, 0.05) is 16.6 Å². The Hall–Kier alpha value is -1.09. The number of carbonyl (C=O) groups excluding carboxylic acids is 1. The van der Waals surface area contributed by atoms with Gasteiger partial charge in [-0.25, -0.2) is 0 Å². The molecule has 3 heteroatoms. The summed E-state index contributed by atoms with van der Waals surface area (Å²) < 4.78 is 0. The van der Waals surface area contributed by atoms with E-state index >= 15 is 0 Å². The summed E-state index contributed by atoms with van der Waals surface area (Å²) in [7, 11) is 0. The third-order valence-electron chi connectivity index (χ3n) is 2.07. The predicted molar refractivity (Wildman–Crippen MR) is 68.3 cm³/mol. The van der Waals surface area contributed by atoms with Gasteiger partial charge in [0.2, 0.25) is 0 Å². The molecule has 0 aliphatic carbocycles. The lowest BCUT2D eigenvalue weighted by Crippen LogP contribution is -1.96. The van der Waals surface area contributed by atoms with Crippen molar-refractivity contribution in [1.82, 2.24) is 0 Å². The quantitative estimate of drug-likeness (QED) is 0.517. The lowest BCUT2D eigenvalue weighted by molar-refractivity contribution is 0.101. The Labute approximate surface area is 98.3 Å². The second kappa shape index (κ2) is 5.71. The van der Waals surface area contributed by atoms with E-state index in [4.69, 9.17) is 5.73 Å². The lowest BCUT2D eigenvalue weighted by atomic mass is 10.1. The Morgan fingerprint density at radius 1 is 1.53 bits per heavy atom. The van der Waals surface area contributed by atoms with Crippen LogP contribution in [0.5, 0.6) is 0 Å². The molecule has 15 heavy (non-hydrogen) atoms. The maximum Gasteiger partial charge on any atom is 0.159 e. The van der Waals surface area contributed by atoms with Gasteiger partial charge in [0.15, 0.2) is 5.78 Å². The molecule has 0 aliphatic heterocycles. The van der Waals surface area contributed by atoms with Gasteiger partial charge in [-0.3, -0.25) is 4.79 Å². The third kappa shape index (κ3) is 3.51. The predicted octanol–water partition coefficient (Wildman–Crippen LogP) is 3.27. The van der Waals surface area contributed by atoms with E-state index in [2.05, 4.69) is 15.9 Å². The minimum absolute atomic E-state index is 0.0395. The number of Topliss-reactive ketones (excluding diaryl/α,β-unsaturated/α-hetero) is 1. The van der Waals surface area contributed by atoms with Gasteiger partial charge < -0.3 is 5.73 Å². The van der Waals surface area contributed by atoms with Gasteiger partial charge in [0.25, 0.3) is 0 Å². The lowest BCUT2D eigenvalue weighted by Gasteiger charge is -2.02. The Morgan fingerprint density at radius 3 is 2.80 bits per heavy atom. The zero-order valence-corrected chi connectivity index (χ0v) is 10.3. The second-order valence-corrected chi connectivity index (χ2v) is 4.07. The Balaban J connectivity index is 2.88. The van der Waals surface area contributed by atoms with Crippen LogP contribution in [-0.2, 0) is 0 Å². The van der Waals surface area contributed by atoms with Crippen molar-refractivity contribution >= 4 is 33.5 Å². The highest BCUT2D eigenvalue weighted by molar-refractivity contribution is 9.09. The summed E-state index contributed by atoms with van der Waals surface area (Å²) in [6, 6.07) is 5.39. The largest absolute Gasteiger partial charge is 0.398 e. The molecule has 0 atom stereocenters. The van der Waals surface area contributed by atoms with Gasteiger partial charge >= 0.3 is 0 Å². The summed E-state index contributed by atoms with van der Waals surface area (Å²) in [6.45, 7) is 1.54. The van der Waals surface area contributed by atoms with E-state index in [-0.39, 0.29) is 5.78 Å².